The standard InChI is InChI=1S/C15H20F3NO2/c16-15(17,18)10-20-7-6-12(19)9-11-5-8-21-14-4-2-1-3-13(11)14/h1-4,11-12H,5-10,19H2. The van der Waals surface area contributed by atoms with Gasteiger partial charge >= 0.3 is 6.18 Å². The zero-order chi connectivity index (χ0) is 15.3. The lowest BCUT2D eigenvalue weighted by Crippen LogP contribution is -2.28. The fraction of sp³-hybridized carbons (Fsp3) is 0.600. The number of alkyl halides is 3. The number of fused-ring (bicyclic) bond motifs is 1. The van der Waals surface area contributed by atoms with Gasteiger partial charge in [-0.15, -0.1) is 0 Å². The molecule has 1 aliphatic heterocycles. The zero-order valence-electron chi connectivity index (χ0n) is 11.7. The summed E-state index contributed by atoms with van der Waals surface area (Å²) in [5.74, 6) is 1.18. The SMILES string of the molecule is NC(CCOCC(F)(F)F)CC1CCOc2ccccc21. The van der Waals surface area contributed by atoms with Crippen LogP contribution in [0.15, 0.2) is 24.3 Å². The fourth-order valence-electron chi connectivity index (χ4n) is 2.57. The molecular formula is C15H20F3NO2. The van der Waals surface area contributed by atoms with Crippen LogP contribution >= 0.6 is 0 Å². The Hall–Kier alpha value is -1.27. The molecule has 0 aliphatic carbocycles. The molecule has 2 atom stereocenters. The second-order valence-corrected chi connectivity index (χ2v) is 5.32. The minimum Gasteiger partial charge on any atom is -0.493 e. The van der Waals surface area contributed by atoms with Gasteiger partial charge in [0, 0.05) is 12.6 Å². The summed E-state index contributed by atoms with van der Waals surface area (Å²) in [4.78, 5) is 0. The molecule has 3 nitrogen and oxygen atoms in total. The molecule has 21 heavy (non-hydrogen) atoms. The molecule has 0 amide bonds. The Morgan fingerprint density at radius 1 is 1.33 bits per heavy atom. The summed E-state index contributed by atoms with van der Waals surface area (Å²) in [5, 5.41) is 0. The molecule has 1 aromatic rings. The van der Waals surface area contributed by atoms with Gasteiger partial charge in [0.15, 0.2) is 0 Å². The van der Waals surface area contributed by atoms with Crippen LogP contribution in [-0.4, -0.2) is 32.0 Å². The van der Waals surface area contributed by atoms with E-state index in [4.69, 9.17) is 10.5 Å². The smallest absolute Gasteiger partial charge is 0.411 e. The maximum absolute atomic E-state index is 11.9. The Bertz CT molecular complexity index is 451. The van der Waals surface area contributed by atoms with E-state index in [0.29, 0.717) is 18.9 Å². The van der Waals surface area contributed by atoms with E-state index in [2.05, 4.69) is 4.74 Å². The summed E-state index contributed by atoms with van der Waals surface area (Å²) in [6.07, 6.45) is -2.23. The number of ether oxygens (including phenoxy) is 2. The predicted octanol–water partition coefficient (Wildman–Crippen LogP) is 3.24. The molecule has 0 bridgehead atoms. The number of benzene rings is 1. The third-order valence-electron chi connectivity index (χ3n) is 3.57. The van der Waals surface area contributed by atoms with Gasteiger partial charge in [0.2, 0.25) is 0 Å². The van der Waals surface area contributed by atoms with Crippen LogP contribution in [0.2, 0.25) is 0 Å². The van der Waals surface area contributed by atoms with Crippen molar-refractivity contribution in [3.8, 4) is 5.75 Å². The van der Waals surface area contributed by atoms with Gasteiger partial charge in [0.05, 0.1) is 6.61 Å². The number of para-hydroxylation sites is 1. The highest BCUT2D eigenvalue weighted by molar-refractivity contribution is 5.37. The van der Waals surface area contributed by atoms with Crippen LogP contribution in [0, 0.1) is 0 Å². The number of hydrogen-bond acceptors (Lipinski definition) is 3. The molecule has 0 saturated carbocycles. The van der Waals surface area contributed by atoms with Crippen molar-refractivity contribution in [2.24, 2.45) is 5.73 Å². The minimum absolute atomic E-state index is 0.0333. The molecule has 2 rings (SSSR count). The number of hydrogen-bond donors (Lipinski definition) is 1. The lowest BCUT2D eigenvalue weighted by Gasteiger charge is -2.27. The van der Waals surface area contributed by atoms with E-state index in [0.717, 1.165) is 24.2 Å². The van der Waals surface area contributed by atoms with Gasteiger partial charge in [-0.2, -0.15) is 13.2 Å². The van der Waals surface area contributed by atoms with Gasteiger partial charge in [0.1, 0.15) is 12.4 Å². The quantitative estimate of drug-likeness (QED) is 0.821. The number of nitrogens with two attached hydrogens (primary N) is 1. The first-order valence-electron chi connectivity index (χ1n) is 7.07. The first kappa shape index (κ1) is 16.1. The van der Waals surface area contributed by atoms with E-state index in [-0.39, 0.29) is 12.6 Å². The van der Waals surface area contributed by atoms with Gasteiger partial charge in [-0.25, -0.2) is 0 Å². The molecule has 0 saturated heterocycles. The fourth-order valence-corrected chi connectivity index (χ4v) is 2.57. The van der Waals surface area contributed by atoms with E-state index in [1.54, 1.807) is 0 Å². The normalized spacial score (nSPS) is 19.7. The van der Waals surface area contributed by atoms with Gasteiger partial charge in [0.25, 0.3) is 0 Å². The molecular weight excluding hydrogens is 283 g/mol. The van der Waals surface area contributed by atoms with Crippen molar-refractivity contribution in [2.45, 2.75) is 37.4 Å². The summed E-state index contributed by atoms with van der Waals surface area (Å²) >= 11 is 0. The molecule has 0 radical (unpaired) electrons. The highest BCUT2D eigenvalue weighted by Crippen LogP contribution is 2.36. The summed E-state index contributed by atoms with van der Waals surface area (Å²) in [7, 11) is 0. The Morgan fingerprint density at radius 2 is 2.10 bits per heavy atom. The Balaban J connectivity index is 1.77. The monoisotopic (exact) mass is 303 g/mol. The summed E-state index contributed by atoms with van der Waals surface area (Å²) in [5.41, 5.74) is 7.14. The van der Waals surface area contributed by atoms with Crippen molar-refractivity contribution < 1.29 is 22.6 Å². The molecule has 118 valence electrons. The van der Waals surface area contributed by atoms with Crippen LogP contribution in [0.1, 0.15) is 30.7 Å². The van der Waals surface area contributed by atoms with Crippen molar-refractivity contribution in [3.05, 3.63) is 29.8 Å². The predicted molar refractivity (Wildman–Crippen MR) is 73.4 cm³/mol. The lowest BCUT2D eigenvalue weighted by molar-refractivity contribution is -0.174. The molecule has 0 aromatic heterocycles. The van der Waals surface area contributed by atoms with Crippen LogP contribution < -0.4 is 10.5 Å². The summed E-state index contributed by atoms with van der Waals surface area (Å²) < 4.78 is 46.0. The first-order chi connectivity index (χ1) is 9.96. The van der Waals surface area contributed by atoms with Crippen LogP contribution in [0.25, 0.3) is 0 Å². The Morgan fingerprint density at radius 3 is 2.86 bits per heavy atom. The molecule has 6 heteroatoms. The van der Waals surface area contributed by atoms with E-state index in [1.807, 2.05) is 24.3 Å². The third-order valence-corrected chi connectivity index (χ3v) is 3.57. The average Bonchev–Trinajstić information content (AvgIpc) is 2.43. The van der Waals surface area contributed by atoms with Gasteiger partial charge in [-0.05, 0) is 36.8 Å². The first-order valence-corrected chi connectivity index (χ1v) is 7.07. The second-order valence-electron chi connectivity index (χ2n) is 5.32. The lowest BCUT2D eigenvalue weighted by atomic mass is 9.87. The van der Waals surface area contributed by atoms with Crippen LogP contribution in [-0.2, 0) is 4.74 Å². The largest absolute Gasteiger partial charge is 0.493 e. The maximum atomic E-state index is 11.9. The average molecular weight is 303 g/mol. The Kier molecular flexibility index (Phi) is 5.47. The van der Waals surface area contributed by atoms with E-state index in [9.17, 15) is 13.2 Å². The molecule has 0 fully saturated rings. The van der Waals surface area contributed by atoms with E-state index >= 15 is 0 Å². The summed E-state index contributed by atoms with van der Waals surface area (Å²) in [6, 6.07) is 7.66. The molecule has 0 spiro atoms. The van der Waals surface area contributed by atoms with Crippen molar-refractivity contribution in [1.82, 2.24) is 0 Å². The van der Waals surface area contributed by atoms with Crippen molar-refractivity contribution in [1.29, 1.82) is 0 Å². The van der Waals surface area contributed by atoms with Crippen molar-refractivity contribution in [3.63, 3.8) is 0 Å². The maximum Gasteiger partial charge on any atom is 0.411 e. The molecule has 2 unspecified atom stereocenters. The van der Waals surface area contributed by atoms with Gasteiger partial charge in [-0.1, -0.05) is 18.2 Å². The minimum atomic E-state index is -4.27. The number of rotatable bonds is 6. The van der Waals surface area contributed by atoms with Crippen LogP contribution in [0.4, 0.5) is 13.2 Å². The van der Waals surface area contributed by atoms with Gasteiger partial charge in [-0.3, -0.25) is 0 Å². The van der Waals surface area contributed by atoms with Crippen LogP contribution in [0.5, 0.6) is 5.75 Å². The van der Waals surface area contributed by atoms with E-state index in [1.165, 1.54) is 0 Å². The van der Waals surface area contributed by atoms with E-state index < -0.39 is 12.8 Å². The Labute approximate surface area is 122 Å². The summed E-state index contributed by atoms with van der Waals surface area (Å²) in [6.45, 7) is -0.523. The van der Waals surface area contributed by atoms with Crippen molar-refractivity contribution in [2.75, 3.05) is 19.8 Å². The molecule has 1 heterocycles. The topological polar surface area (TPSA) is 44.5 Å². The highest BCUT2D eigenvalue weighted by atomic mass is 19.4. The molecule has 2 N–H and O–H groups in total. The number of halogens is 3. The molecule has 1 aliphatic rings. The second kappa shape index (κ2) is 7.13. The highest BCUT2D eigenvalue weighted by Gasteiger charge is 2.27. The molecule has 1 aromatic carbocycles. The van der Waals surface area contributed by atoms with Crippen LogP contribution in [0.3, 0.4) is 0 Å². The third kappa shape index (κ3) is 5.21. The van der Waals surface area contributed by atoms with Crippen molar-refractivity contribution >= 4 is 0 Å². The van der Waals surface area contributed by atoms with Gasteiger partial charge < -0.3 is 15.2 Å². The zero-order valence-corrected chi connectivity index (χ0v) is 11.7.